The first-order valence-corrected chi connectivity index (χ1v) is 8.57. The van der Waals surface area contributed by atoms with Crippen molar-refractivity contribution in [2.75, 3.05) is 27.6 Å². The summed E-state index contributed by atoms with van der Waals surface area (Å²) in [5.41, 5.74) is 5.45. The van der Waals surface area contributed by atoms with Gasteiger partial charge in [-0.3, -0.25) is 4.99 Å². The Morgan fingerprint density at radius 2 is 1.96 bits per heavy atom. The minimum atomic E-state index is 0.279. The molecular weight excluding hydrogens is 330 g/mol. The topological polar surface area (TPSA) is 49.3 Å². The molecule has 0 aromatic heterocycles. The number of rotatable bonds is 5. The standard InChI is InChI=1S/C21H21NO4/c1-4-15-13(5-6-18(23-2)21(15)24-3)9-17-16-11-20-19(25-12-26-20)10-14(16)7-8-22-17/h4-6,10-11H,1,7-9,12H2,2-3H3. The van der Waals surface area contributed by atoms with Crippen LogP contribution in [0.1, 0.15) is 22.3 Å². The number of ether oxygens (including phenoxy) is 4. The third-order valence-electron chi connectivity index (χ3n) is 4.83. The zero-order valence-corrected chi connectivity index (χ0v) is 15.0. The first kappa shape index (κ1) is 16.5. The van der Waals surface area contributed by atoms with E-state index in [1.165, 1.54) is 5.56 Å². The first-order valence-electron chi connectivity index (χ1n) is 8.57. The molecular formula is C21H21NO4. The molecule has 0 unspecified atom stereocenters. The lowest BCUT2D eigenvalue weighted by atomic mass is 9.91. The summed E-state index contributed by atoms with van der Waals surface area (Å²) in [6.07, 6.45) is 3.41. The molecule has 0 saturated carbocycles. The normalized spacial score (nSPS) is 14.5. The number of hydrogen-bond donors (Lipinski definition) is 0. The number of nitrogens with zero attached hydrogens (tertiary/aromatic N) is 1. The van der Waals surface area contributed by atoms with Gasteiger partial charge in [-0.1, -0.05) is 18.7 Å². The zero-order valence-electron chi connectivity index (χ0n) is 15.0. The van der Waals surface area contributed by atoms with Crippen molar-refractivity contribution in [1.29, 1.82) is 0 Å². The van der Waals surface area contributed by atoms with Gasteiger partial charge in [-0.05, 0) is 35.7 Å². The number of methoxy groups -OCH3 is 2. The van der Waals surface area contributed by atoms with Gasteiger partial charge in [-0.25, -0.2) is 0 Å². The maximum absolute atomic E-state index is 5.55. The van der Waals surface area contributed by atoms with Gasteiger partial charge in [0.15, 0.2) is 23.0 Å². The van der Waals surface area contributed by atoms with E-state index in [-0.39, 0.29) is 6.79 Å². The van der Waals surface area contributed by atoms with E-state index in [4.69, 9.17) is 23.9 Å². The SMILES string of the molecule is C=Cc1c(CC2=NCCc3cc4c(cc32)OCO4)ccc(OC)c1OC. The highest BCUT2D eigenvalue weighted by atomic mass is 16.7. The van der Waals surface area contributed by atoms with Crippen molar-refractivity contribution in [2.24, 2.45) is 4.99 Å². The molecule has 0 fully saturated rings. The smallest absolute Gasteiger partial charge is 0.231 e. The van der Waals surface area contributed by atoms with E-state index >= 15 is 0 Å². The molecule has 0 radical (unpaired) electrons. The Hall–Kier alpha value is -2.95. The Balaban J connectivity index is 1.73. The third-order valence-corrected chi connectivity index (χ3v) is 4.83. The molecule has 2 aromatic carbocycles. The van der Waals surface area contributed by atoms with Crippen LogP contribution in [0.4, 0.5) is 0 Å². The predicted octanol–water partition coefficient (Wildman–Crippen LogP) is 3.66. The second-order valence-corrected chi connectivity index (χ2v) is 6.20. The molecule has 0 bridgehead atoms. The lowest BCUT2D eigenvalue weighted by molar-refractivity contribution is 0.174. The summed E-state index contributed by atoms with van der Waals surface area (Å²) in [5, 5.41) is 0. The molecule has 0 atom stereocenters. The van der Waals surface area contributed by atoms with Crippen LogP contribution in [0.25, 0.3) is 6.08 Å². The maximum atomic E-state index is 5.55. The van der Waals surface area contributed by atoms with Crippen molar-refractivity contribution in [2.45, 2.75) is 12.8 Å². The summed E-state index contributed by atoms with van der Waals surface area (Å²) >= 11 is 0. The fraction of sp³-hybridized carbons (Fsp3) is 0.286. The van der Waals surface area contributed by atoms with Crippen LogP contribution in [0.2, 0.25) is 0 Å². The Labute approximate surface area is 152 Å². The highest BCUT2D eigenvalue weighted by molar-refractivity contribution is 6.04. The molecule has 0 saturated heterocycles. The molecule has 4 rings (SSSR count). The molecule has 134 valence electrons. The van der Waals surface area contributed by atoms with Crippen LogP contribution in [-0.4, -0.2) is 33.3 Å². The monoisotopic (exact) mass is 351 g/mol. The van der Waals surface area contributed by atoms with Gasteiger partial charge in [0.05, 0.1) is 14.2 Å². The summed E-state index contributed by atoms with van der Waals surface area (Å²) in [4.78, 5) is 4.78. The molecule has 0 amide bonds. The van der Waals surface area contributed by atoms with Crippen LogP contribution in [0.3, 0.4) is 0 Å². The molecule has 5 nitrogen and oxygen atoms in total. The number of aliphatic imine (C=N–C) groups is 1. The Kier molecular flexibility index (Phi) is 4.29. The van der Waals surface area contributed by atoms with Gasteiger partial charge in [-0.2, -0.15) is 0 Å². The van der Waals surface area contributed by atoms with Crippen LogP contribution >= 0.6 is 0 Å². The van der Waals surface area contributed by atoms with E-state index in [1.807, 2.05) is 18.2 Å². The summed E-state index contributed by atoms with van der Waals surface area (Å²) in [5.74, 6) is 3.00. The lowest BCUT2D eigenvalue weighted by Gasteiger charge is -2.20. The second-order valence-electron chi connectivity index (χ2n) is 6.20. The van der Waals surface area contributed by atoms with Crippen molar-refractivity contribution in [1.82, 2.24) is 0 Å². The van der Waals surface area contributed by atoms with Gasteiger partial charge in [0.25, 0.3) is 0 Å². The third kappa shape index (κ3) is 2.69. The summed E-state index contributed by atoms with van der Waals surface area (Å²) in [6, 6.07) is 8.09. The minimum Gasteiger partial charge on any atom is -0.493 e. The van der Waals surface area contributed by atoms with E-state index in [9.17, 15) is 0 Å². The van der Waals surface area contributed by atoms with E-state index in [0.29, 0.717) is 17.9 Å². The molecule has 2 aromatic rings. The average Bonchev–Trinajstić information content (AvgIpc) is 3.13. The summed E-state index contributed by atoms with van der Waals surface area (Å²) < 4.78 is 22.0. The number of fused-ring (bicyclic) bond motifs is 2. The van der Waals surface area contributed by atoms with Crippen LogP contribution in [-0.2, 0) is 12.8 Å². The zero-order chi connectivity index (χ0) is 18.1. The highest BCUT2D eigenvalue weighted by Gasteiger charge is 2.23. The quantitative estimate of drug-likeness (QED) is 0.825. The van der Waals surface area contributed by atoms with Crippen LogP contribution in [0.15, 0.2) is 35.8 Å². The van der Waals surface area contributed by atoms with Crippen LogP contribution < -0.4 is 18.9 Å². The molecule has 0 aliphatic carbocycles. The highest BCUT2D eigenvalue weighted by Crippen LogP contribution is 2.38. The van der Waals surface area contributed by atoms with Crippen molar-refractivity contribution in [3.63, 3.8) is 0 Å². The Bertz CT molecular complexity index is 901. The van der Waals surface area contributed by atoms with Gasteiger partial charge < -0.3 is 18.9 Å². The van der Waals surface area contributed by atoms with E-state index in [1.54, 1.807) is 20.3 Å². The fourth-order valence-corrected chi connectivity index (χ4v) is 3.56. The van der Waals surface area contributed by atoms with Crippen LogP contribution in [0, 0.1) is 0 Å². The van der Waals surface area contributed by atoms with Gasteiger partial charge in [-0.15, -0.1) is 0 Å². The molecule has 5 heteroatoms. The van der Waals surface area contributed by atoms with Crippen molar-refractivity contribution >= 4 is 11.8 Å². The van der Waals surface area contributed by atoms with Gasteiger partial charge in [0, 0.05) is 29.8 Å². The second kappa shape index (κ2) is 6.75. The van der Waals surface area contributed by atoms with Gasteiger partial charge in [0.2, 0.25) is 6.79 Å². The van der Waals surface area contributed by atoms with Crippen LogP contribution in [0.5, 0.6) is 23.0 Å². The van der Waals surface area contributed by atoms with E-state index < -0.39 is 0 Å². The largest absolute Gasteiger partial charge is 0.493 e. The molecule has 0 spiro atoms. The van der Waals surface area contributed by atoms with E-state index in [0.717, 1.165) is 46.9 Å². The minimum absolute atomic E-state index is 0.279. The fourth-order valence-electron chi connectivity index (χ4n) is 3.56. The lowest BCUT2D eigenvalue weighted by Crippen LogP contribution is -2.16. The Morgan fingerprint density at radius 3 is 2.69 bits per heavy atom. The number of benzene rings is 2. The number of hydrogen-bond acceptors (Lipinski definition) is 5. The summed E-state index contributed by atoms with van der Waals surface area (Å²) in [6.45, 7) is 5.00. The molecule has 2 heterocycles. The predicted molar refractivity (Wildman–Crippen MR) is 101 cm³/mol. The molecule has 2 aliphatic heterocycles. The van der Waals surface area contributed by atoms with Gasteiger partial charge in [0.1, 0.15) is 0 Å². The first-order chi connectivity index (χ1) is 12.7. The summed E-state index contributed by atoms with van der Waals surface area (Å²) in [7, 11) is 3.28. The van der Waals surface area contributed by atoms with Crippen molar-refractivity contribution in [3.05, 3.63) is 53.1 Å². The van der Waals surface area contributed by atoms with E-state index in [2.05, 4.69) is 12.6 Å². The van der Waals surface area contributed by atoms with Crippen molar-refractivity contribution in [3.8, 4) is 23.0 Å². The molecule has 26 heavy (non-hydrogen) atoms. The Morgan fingerprint density at radius 1 is 1.15 bits per heavy atom. The van der Waals surface area contributed by atoms with Crippen molar-refractivity contribution < 1.29 is 18.9 Å². The maximum Gasteiger partial charge on any atom is 0.231 e. The van der Waals surface area contributed by atoms with Gasteiger partial charge >= 0.3 is 0 Å². The molecule has 2 aliphatic rings. The molecule has 0 N–H and O–H groups in total. The average molecular weight is 351 g/mol.